The van der Waals surface area contributed by atoms with Crippen molar-refractivity contribution in [2.45, 2.75) is 13.0 Å². The molecule has 100 valence electrons. The summed E-state index contributed by atoms with van der Waals surface area (Å²) >= 11 is 0. The minimum Gasteiger partial charge on any atom is -0.359 e. The number of nitrogens with zero attached hydrogens (tertiary/aromatic N) is 3. The Morgan fingerprint density at radius 1 is 1.32 bits per heavy atom. The number of anilines is 1. The fourth-order valence-corrected chi connectivity index (χ4v) is 1.90. The highest BCUT2D eigenvalue weighted by atomic mass is 19.1. The van der Waals surface area contributed by atoms with Crippen LogP contribution in [-0.2, 0) is 13.0 Å². The number of likely N-dealkylation sites (N-methyl/N-ethyl adjacent to an activating group) is 1. The molecule has 0 radical (unpaired) electrons. The Balaban J connectivity index is 2.05. The molecule has 0 fully saturated rings. The molecule has 0 aliphatic rings. The zero-order valence-corrected chi connectivity index (χ0v) is 10.9. The largest absolute Gasteiger partial charge is 0.359 e. The number of aromatic nitrogens is 2. The molecular weight excluding hydrogens is 243 g/mol. The maximum absolute atomic E-state index is 13.1. The van der Waals surface area contributed by atoms with Crippen LogP contribution < -0.4 is 10.6 Å². The first-order valence-electron chi connectivity index (χ1n) is 6.16. The Labute approximate surface area is 112 Å². The SMILES string of the molecule is CN(CCc1ccccn1)c1ncc(F)cc1CN. The van der Waals surface area contributed by atoms with E-state index in [1.165, 1.54) is 12.3 Å². The fourth-order valence-electron chi connectivity index (χ4n) is 1.90. The third kappa shape index (κ3) is 3.48. The Morgan fingerprint density at radius 3 is 2.84 bits per heavy atom. The molecule has 2 N–H and O–H groups in total. The van der Waals surface area contributed by atoms with Gasteiger partial charge in [-0.2, -0.15) is 0 Å². The molecule has 19 heavy (non-hydrogen) atoms. The molecule has 0 saturated carbocycles. The number of rotatable bonds is 5. The van der Waals surface area contributed by atoms with Gasteiger partial charge >= 0.3 is 0 Å². The maximum Gasteiger partial charge on any atom is 0.141 e. The van der Waals surface area contributed by atoms with Crippen LogP contribution in [0.1, 0.15) is 11.3 Å². The second-order valence-corrected chi connectivity index (χ2v) is 4.33. The van der Waals surface area contributed by atoms with Gasteiger partial charge < -0.3 is 10.6 Å². The molecule has 2 rings (SSSR count). The average Bonchev–Trinajstić information content (AvgIpc) is 2.45. The van der Waals surface area contributed by atoms with E-state index in [-0.39, 0.29) is 12.4 Å². The van der Waals surface area contributed by atoms with Crippen molar-refractivity contribution in [1.82, 2.24) is 9.97 Å². The number of pyridine rings is 2. The highest BCUT2D eigenvalue weighted by molar-refractivity contribution is 5.46. The van der Waals surface area contributed by atoms with Crippen LogP contribution in [0.15, 0.2) is 36.7 Å². The van der Waals surface area contributed by atoms with Gasteiger partial charge in [0.2, 0.25) is 0 Å². The minimum absolute atomic E-state index is 0.272. The monoisotopic (exact) mass is 260 g/mol. The maximum atomic E-state index is 13.1. The summed E-state index contributed by atoms with van der Waals surface area (Å²) < 4.78 is 13.1. The summed E-state index contributed by atoms with van der Waals surface area (Å²) in [5, 5.41) is 0. The molecule has 0 aliphatic carbocycles. The Bertz CT molecular complexity index is 530. The first-order chi connectivity index (χ1) is 9.20. The average molecular weight is 260 g/mol. The Hall–Kier alpha value is -2.01. The highest BCUT2D eigenvalue weighted by Gasteiger charge is 2.09. The zero-order valence-electron chi connectivity index (χ0n) is 10.9. The van der Waals surface area contributed by atoms with Gasteiger partial charge in [-0.05, 0) is 18.2 Å². The number of hydrogen-bond acceptors (Lipinski definition) is 4. The molecule has 0 unspecified atom stereocenters. The summed E-state index contributed by atoms with van der Waals surface area (Å²) in [4.78, 5) is 10.3. The van der Waals surface area contributed by atoms with Gasteiger partial charge in [-0.1, -0.05) is 6.07 Å². The van der Waals surface area contributed by atoms with Crippen LogP contribution in [0.2, 0.25) is 0 Å². The smallest absolute Gasteiger partial charge is 0.141 e. The van der Waals surface area contributed by atoms with Gasteiger partial charge in [0.15, 0.2) is 0 Å². The quantitative estimate of drug-likeness (QED) is 0.890. The third-order valence-corrected chi connectivity index (χ3v) is 2.92. The predicted molar refractivity (Wildman–Crippen MR) is 73.3 cm³/mol. The molecule has 0 spiro atoms. The van der Waals surface area contributed by atoms with Gasteiger partial charge in [-0.25, -0.2) is 9.37 Å². The Kier molecular flexibility index (Phi) is 4.41. The predicted octanol–water partition coefficient (Wildman–Crippen LogP) is 1.75. The summed E-state index contributed by atoms with van der Waals surface area (Å²) in [7, 11) is 1.92. The van der Waals surface area contributed by atoms with E-state index in [0.29, 0.717) is 5.56 Å². The lowest BCUT2D eigenvalue weighted by Gasteiger charge is -2.20. The molecule has 0 saturated heterocycles. The van der Waals surface area contributed by atoms with Gasteiger partial charge in [0.05, 0.1) is 6.20 Å². The van der Waals surface area contributed by atoms with E-state index < -0.39 is 0 Å². The van der Waals surface area contributed by atoms with Crippen LogP contribution in [-0.4, -0.2) is 23.6 Å². The molecule has 2 aromatic rings. The van der Waals surface area contributed by atoms with Crippen molar-refractivity contribution in [1.29, 1.82) is 0 Å². The van der Waals surface area contributed by atoms with E-state index in [0.717, 1.165) is 24.5 Å². The second kappa shape index (κ2) is 6.24. The molecule has 0 bridgehead atoms. The molecule has 0 atom stereocenters. The van der Waals surface area contributed by atoms with Crippen molar-refractivity contribution in [2.75, 3.05) is 18.5 Å². The summed E-state index contributed by atoms with van der Waals surface area (Å²) in [5.41, 5.74) is 7.35. The molecule has 5 heteroatoms. The fraction of sp³-hybridized carbons (Fsp3) is 0.286. The number of hydrogen-bond donors (Lipinski definition) is 1. The van der Waals surface area contributed by atoms with Crippen LogP contribution >= 0.6 is 0 Å². The second-order valence-electron chi connectivity index (χ2n) is 4.33. The molecule has 4 nitrogen and oxygen atoms in total. The van der Waals surface area contributed by atoms with Gasteiger partial charge in [0.25, 0.3) is 0 Å². The number of nitrogens with two attached hydrogens (primary N) is 1. The van der Waals surface area contributed by atoms with Gasteiger partial charge in [-0.3, -0.25) is 4.98 Å². The van der Waals surface area contributed by atoms with Crippen LogP contribution in [0.5, 0.6) is 0 Å². The summed E-state index contributed by atoms with van der Waals surface area (Å²) in [6, 6.07) is 7.26. The van der Waals surface area contributed by atoms with Gasteiger partial charge in [0.1, 0.15) is 11.6 Å². The molecule has 0 aliphatic heterocycles. The molecule has 2 heterocycles. The molecule has 0 amide bonds. The normalized spacial score (nSPS) is 10.5. The topological polar surface area (TPSA) is 55.0 Å². The van der Waals surface area contributed by atoms with Crippen molar-refractivity contribution in [3.05, 3.63) is 53.7 Å². The standard InChI is InChI=1S/C14H17FN4/c1-19(7-5-13-4-2-3-6-17-13)14-11(9-16)8-12(15)10-18-14/h2-4,6,8,10H,5,7,9,16H2,1H3. The first kappa shape index (κ1) is 13.4. The van der Waals surface area contributed by atoms with E-state index in [1.54, 1.807) is 6.20 Å². The van der Waals surface area contributed by atoms with E-state index in [1.807, 2.05) is 30.1 Å². The van der Waals surface area contributed by atoms with Crippen molar-refractivity contribution in [2.24, 2.45) is 5.73 Å². The zero-order chi connectivity index (χ0) is 13.7. The van der Waals surface area contributed by atoms with E-state index in [9.17, 15) is 4.39 Å². The van der Waals surface area contributed by atoms with Crippen LogP contribution in [0, 0.1) is 5.82 Å². The minimum atomic E-state index is -0.359. The van der Waals surface area contributed by atoms with Crippen molar-refractivity contribution in [3.8, 4) is 0 Å². The van der Waals surface area contributed by atoms with Crippen molar-refractivity contribution < 1.29 is 4.39 Å². The highest BCUT2D eigenvalue weighted by Crippen LogP contribution is 2.17. The van der Waals surface area contributed by atoms with Crippen molar-refractivity contribution >= 4 is 5.82 Å². The lowest BCUT2D eigenvalue weighted by atomic mass is 10.2. The van der Waals surface area contributed by atoms with Gasteiger partial charge in [-0.15, -0.1) is 0 Å². The molecule has 0 aromatic carbocycles. The summed E-state index contributed by atoms with van der Waals surface area (Å²) in [6.45, 7) is 1.02. The summed E-state index contributed by atoms with van der Waals surface area (Å²) in [6.07, 6.45) is 3.79. The van der Waals surface area contributed by atoms with E-state index in [4.69, 9.17) is 5.73 Å². The van der Waals surface area contributed by atoms with Crippen LogP contribution in [0.4, 0.5) is 10.2 Å². The summed E-state index contributed by atoms with van der Waals surface area (Å²) in [5.74, 6) is 0.363. The Morgan fingerprint density at radius 2 is 2.16 bits per heavy atom. The lowest BCUT2D eigenvalue weighted by Crippen LogP contribution is -2.24. The van der Waals surface area contributed by atoms with Crippen molar-refractivity contribution in [3.63, 3.8) is 0 Å². The third-order valence-electron chi connectivity index (χ3n) is 2.92. The van der Waals surface area contributed by atoms with E-state index in [2.05, 4.69) is 9.97 Å². The first-order valence-corrected chi connectivity index (χ1v) is 6.16. The molecule has 2 aromatic heterocycles. The molecular formula is C14H17FN4. The van der Waals surface area contributed by atoms with Crippen LogP contribution in [0.25, 0.3) is 0 Å². The van der Waals surface area contributed by atoms with Crippen LogP contribution in [0.3, 0.4) is 0 Å². The lowest BCUT2D eigenvalue weighted by molar-refractivity contribution is 0.617. The number of halogens is 1. The van der Waals surface area contributed by atoms with Gasteiger partial charge in [0, 0.05) is 44.0 Å². The van der Waals surface area contributed by atoms with E-state index >= 15 is 0 Å².